The Morgan fingerprint density at radius 3 is 2.65 bits per heavy atom. The molecular formula is C18H27N5O3. The van der Waals surface area contributed by atoms with Crippen molar-refractivity contribution in [2.45, 2.75) is 45.1 Å². The number of hydroxylamine groups is 1. The van der Waals surface area contributed by atoms with Gasteiger partial charge in [0.05, 0.1) is 18.1 Å². The molecule has 2 rings (SSSR count). The first kappa shape index (κ1) is 19.8. The van der Waals surface area contributed by atoms with Gasteiger partial charge in [0.15, 0.2) is 0 Å². The first-order valence-corrected chi connectivity index (χ1v) is 8.95. The number of nitrogens with zero attached hydrogens (tertiary/aromatic N) is 3. The summed E-state index contributed by atoms with van der Waals surface area (Å²) in [6.45, 7) is 2.61. The minimum Gasteiger partial charge on any atom is -0.357 e. The highest BCUT2D eigenvalue weighted by Gasteiger charge is 2.22. The van der Waals surface area contributed by atoms with E-state index in [-0.39, 0.29) is 5.91 Å². The van der Waals surface area contributed by atoms with E-state index >= 15 is 0 Å². The van der Waals surface area contributed by atoms with Gasteiger partial charge in [-0.15, -0.1) is 0 Å². The van der Waals surface area contributed by atoms with Gasteiger partial charge in [0.25, 0.3) is 5.91 Å². The maximum Gasteiger partial charge on any atom is 0.267 e. The Balaban J connectivity index is 1.85. The van der Waals surface area contributed by atoms with Crippen LogP contribution in [-0.4, -0.2) is 51.5 Å². The molecule has 1 heterocycles. The van der Waals surface area contributed by atoms with Crippen molar-refractivity contribution in [3.63, 3.8) is 0 Å². The van der Waals surface area contributed by atoms with E-state index in [2.05, 4.69) is 15.3 Å². The second-order valence-corrected chi connectivity index (χ2v) is 6.72. The van der Waals surface area contributed by atoms with Gasteiger partial charge in [-0.25, -0.2) is 10.5 Å². The molecule has 3 N–H and O–H groups in total. The highest BCUT2D eigenvalue weighted by atomic mass is 16.5. The molecule has 26 heavy (non-hydrogen) atoms. The Hall–Kier alpha value is -2.48. The monoisotopic (exact) mass is 361 g/mol. The summed E-state index contributed by atoms with van der Waals surface area (Å²) in [4.78, 5) is 33.6. The van der Waals surface area contributed by atoms with Crippen molar-refractivity contribution in [2.75, 3.05) is 18.9 Å². The van der Waals surface area contributed by atoms with Crippen LogP contribution in [0.15, 0.2) is 18.5 Å². The Morgan fingerprint density at radius 2 is 2.04 bits per heavy atom. The minimum absolute atomic E-state index is 0.0287. The van der Waals surface area contributed by atoms with Crippen LogP contribution in [0.2, 0.25) is 0 Å². The van der Waals surface area contributed by atoms with Gasteiger partial charge in [0, 0.05) is 19.7 Å². The summed E-state index contributed by atoms with van der Waals surface area (Å²) in [5.74, 6) is 0.475. The molecule has 1 aromatic rings. The van der Waals surface area contributed by atoms with Crippen molar-refractivity contribution in [1.82, 2.24) is 20.3 Å². The van der Waals surface area contributed by atoms with Gasteiger partial charge in [0.1, 0.15) is 11.9 Å². The first-order chi connectivity index (χ1) is 12.5. The van der Waals surface area contributed by atoms with Crippen LogP contribution in [0.4, 0.5) is 5.82 Å². The number of carbonyl (C=O) groups is 2. The molecule has 1 fully saturated rings. The predicted molar refractivity (Wildman–Crippen MR) is 98.3 cm³/mol. The largest absolute Gasteiger partial charge is 0.357 e. The van der Waals surface area contributed by atoms with Crippen molar-refractivity contribution in [3.8, 4) is 0 Å². The number of nitrogens with one attached hydrogen (secondary N) is 2. The van der Waals surface area contributed by atoms with Crippen LogP contribution in [0, 0.1) is 5.92 Å². The molecule has 1 aliphatic carbocycles. The van der Waals surface area contributed by atoms with Crippen LogP contribution >= 0.6 is 0 Å². The van der Waals surface area contributed by atoms with Gasteiger partial charge in [-0.3, -0.25) is 19.8 Å². The van der Waals surface area contributed by atoms with E-state index in [1.54, 1.807) is 11.8 Å². The van der Waals surface area contributed by atoms with Gasteiger partial charge in [-0.05, 0) is 31.8 Å². The lowest BCUT2D eigenvalue weighted by molar-refractivity contribution is -0.131. The number of rotatable bonds is 7. The molecule has 1 aliphatic rings. The quantitative estimate of drug-likeness (QED) is 0.388. The number of amides is 2. The number of hydrogen-bond donors (Lipinski definition) is 3. The second kappa shape index (κ2) is 9.86. The fraction of sp³-hybridized carbons (Fsp3) is 0.556. The van der Waals surface area contributed by atoms with Crippen LogP contribution in [0.1, 0.15) is 44.7 Å². The molecule has 0 aliphatic heterocycles. The molecule has 8 nitrogen and oxygen atoms in total. The number of carbonyl (C=O) groups excluding carboxylic acids is 2. The molecule has 0 radical (unpaired) electrons. The Kier molecular flexibility index (Phi) is 7.53. The van der Waals surface area contributed by atoms with Crippen LogP contribution < -0.4 is 10.8 Å². The fourth-order valence-electron chi connectivity index (χ4n) is 3.16. The molecule has 0 unspecified atom stereocenters. The molecule has 142 valence electrons. The van der Waals surface area contributed by atoms with E-state index in [4.69, 9.17) is 5.21 Å². The molecule has 1 atom stereocenters. The zero-order valence-corrected chi connectivity index (χ0v) is 15.3. The maximum atomic E-state index is 12.5. The summed E-state index contributed by atoms with van der Waals surface area (Å²) < 4.78 is 0. The molecule has 1 aromatic heterocycles. The highest BCUT2D eigenvalue weighted by Crippen LogP contribution is 2.24. The fourth-order valence-corrected chi connectivity index (χ4v) is 3.16. The SMILES string of the molecule is C[C@@H](Nc1cnc(C=CC(=O)NO)cn1)C(=O)N(C)CC1CCCCC1. The van der Waals surface area contributed by atoms with Crippen LogP contribution in [0.25, 0.3) is 6.08 Å². The van der Waals surface area contributed by atoms with E-state index < -0.39 is 11.9 Å². The number of aromatic nitrogens is 2. The van der Waals surface area contributed by atoms with Gasteiger partial charge in [0.2, 0.25) is 5.91 Å². The zero-order chi connectivity index (χ0) is 18.9. The maximum absolute atomic E-state index is 12.5. The van der Waals surface area contributed by atoms with E-state index in [9.17, 15) is 9.59 Å². The molecule has 2 amide bonds. The number of hydrogen-bond acceptors (Lipinski definition) is 6. The summed E-state index contributed by atoms with van der Waals surface area (Å²) >= 11 is 0. The summed E-state index contributed by atoms with van der Waals surface area (Å²) in [7, 11) is 1.85. The third-order valence-electron chi connectivity index (χ3n) is 4.56. The van der Waals surface area contributed by atoms with Gasteiger partial charge >= 0.3 is 0 Å². The normalized spacial score (nSPS) is 16.3. The first-order valence-electron chi connectivity index (χ1n) is 8.95. The van der Waals surface area contributed by atoms with Crippen molar-refractivity contribution in [2.24, 2.45) is 5.92 Å². The van der Waals surface area contributed by atoms with Crippen LogP contribution in [0.5, 0.6) is 0 Å². The smallest absolute Gasteiger partial charge is 0.267 e. The molecule has 0 aromatic carbocycles. The molecule has 0 saturated heterocycles. The van der Waals surface area contributed by atoms with Gasteiger partial charge in [-0.2, -0.15) is 0 Å². The summed E-state index contributed by atoms with van der Waals surface area (Å²) in [6, 6.07) is -0.403. The summed E-state index contributed by atoms with van der Waals surface area (Å²) in [6.07, 6.45) is 11.8. The average Bonchev–Trinajstić information content (AvgIpc) is 2.67. The average molecular weight is 361 g/mol. The minimum atomic E-state index is -0.644. The van der Waals surface area contributed by atoms with Crippen LogP contribution in [-0.2, 0) is 9.59 Å². The molecular weight excluding hydrogens is 334 g/mol. The van der Waals surface area contributed by atoms with Crippen LogP contribution in [0.3, 0.4) is 0 Å². The second-order valence-electron chi connectivity index (χ2n) is 6.72. The highest BCUT2D eigenvalue weighted by molar-refractivity contribution is 5.90. The molecule has 0 spiro atoms. The predicted octanol–water partition coefficient (Wildman–Crippen LogP) is 1.83. The van der Waals surface area contributed by atoms with Gasteiger partial charge < -0.3 is 10.2 Å². The zero-order valence-electron chi connectivity index (χ0n) is 15.3. The van der Waals surface area contributed by atoms with Crippen molar-refractivity contribution >= 4 is 23.7 Å². The standard InChI is InChI=1S/C18H27N5O3/c1-13(18(25)23(2)12-14-6-4-3-5-7-14)21-16-11-19-15(10-20-16)8-9-17(24)22-26/h8-11,13-14,26H,3-7,12H2,1-2H3,(H,20,21)(H,22,24)/t13-/m1/s1. The third-order valence-corrected chi connectivity index (χ3v) is 4.56. The van der Waals surface area contributed by atoms with E-state index in [0.29, 0.717) is 17.4 Å². The van der Waals surface area contributed by atoms with Crippen molar-refractivity contribution in [3.05, 3.63) is 24.2 Å². The third kappa shape index (κ3) is 6.11. The molecule has 0 bridgehead atoms. The Morgan fingerprint density at radius 1 is 1.31 bits per heavy atom. The van der Waals surface area contributed by atoms with E-state index in [1.165, 1.54) is 56.1 Å². The lowest BCUT2D eigenvalue weighted by Crippen LogP contribution is -2.41. The molecule has 8 heteroatoms. The summed E-state index contributed by atoms with van der Waals surface area (Å²) in [5.41, 5.74) is 1.96. The Bertz CT molecular complexity index is 626. The van der Waals surface area contributed by atoms with Crippen molar-refractivity contribution in [1.29, 1.82) is 0 Å². The lowest BCUT2D eigenvalue weighted by Gasteiger charge is -2.29. The topological polar surface area (TPSA) is 107 Å². The Labute approximate surface area is 153 Å². The van der Waals surface area contributed by atoms with E-state index in [0.717, 1.165) is 12.6 Å². The number of anilines is 1. The molecule has 1 saturated carbocycles. The summed E-state index contributed by atoms with van der Waals surface area (Å²) in [5, 5.41) is 11.5. The van der Waals surface area contributed by atoms with E-state index in [1.807, 2.05) is 7.05 Å². The number of likely N-dealkylation sites (N-methyl/N-ethyl adjacent to an activating group) is 1. The lowest BCUT2D eigenvalue weighted by atomic mass is 9.89. The van der Waals surface area contributed by atoms with Gasteiger partial charge in [-0.1, -0.05) is 19.3 Å². The van der Waals surface area contributed by atoms with Crippen molar-refractivity contribution < 1.29 is 14.8 Å².